The monoisotopic (exact) mass is 287 g/mol. The van der Waals surface area contributed by atoms with Gasteiger partial charge in [-0.25, -0.2) is 9.59 Å². The van der Waals surface area contributed by atoms with Gasteiger partial charge in [-0.05, 0) is 27.7 Å². The maximum atomic E-state index is 12.1. The lowest BCUT2D eigenvalue weighted by Gasteiger charge is -2.27. The fraction of sp³-hybridized carbons (Fsp3) is 0.769. The molecule has 0 aliphatic carbocycles. The first-order valence-corrected chi connectivity index (χ1v) is 6.53. The number of esters is 1. The number of rotatable bonds is 4. The number of amides is 1. The van der Waals surface area contributed by atoms with E-state index >= 15 is 0 Å². The molecule has 1 aliphatic heterocycles. The molecule has 7 heteroatoms. The highest BCUT2D eigenvalue weighted by molar-refractivity contribution is 5.82. The van der Waals surface area contributed by atoms with Gasteiger partial charge in [0.2, 0.25) is 0 Å². The molecule has 2 atom stereocenters. The van der Waals surface area contributed by atoms with Gasteiger partial charge in [0.05, 0.1) is 13.2 Å². The van der Waals surface area contributed by atoms with Crippen LogP contribution in [-0.4, -0.2) is 54.3 Å². The zero-order valence-electron chi connectivity index (χ0n) is 12.3. The molecule has 0 N–H and O–H groups in total. The zero-order chi connectivity index (χ0) is 15.3. The maximum absolute atomic E-state index is 12.1. The number of hydrogen-bond acceptors (Lipinski definition) is 6. The summed E-state index contributed by atoms with van der Waals surface area (Å²) < 4.78 is 15.0. The van der Waals surface area contributed by atoms with Crippen molar-refractivity contribution in [1.82, 2.24) is 4.90 Å². The second-order valence-electron chi connectivity index (χ2n) is 5.49. The predicted molar refractivity (Wildman–Crippen MR) is 68.9 cm³/mol. The molecule has 1 aliphatic rings. The van der Waals surface area contributed by atoms with Crippen LogP contribution in [-0.2, 0) is 23.8 Å². The number of carbonyl (C=O) groups is 3. The molecule has 114 valence electrons. The van der Waals surface area contributed by atoms with Crippen molar-refractivity contribution in [2.24, 2.45) is 0 Å². The van der Waals surface area contributed by atoms with E-state index in [1.54, 1.807) is 27.7 Å². The summed E-state index contributed by atoms with van der Waals surface area (Å²) in [5.41, 5.74) is -0.667. The Kier molecular flexibility index (Phi) is 5.35. The summed E-state index contributed by atoms with van der Waals surface area (Å²) in [5, 5.41) is 0. The zero-order valence-corrected chi connectivity index (χ0v) is 12.3. The SMILES string of the molecule is CCOC(=O)[C@H]1C[C@@H](OC=O)CN1C(=O)OC(C)(C)C. The summed E-state index contributed by atoms with van der Waals surface area (Å²) in [6.45, 7) is 7.54. The Bertz CT molecular complexity index is 376. The van der Waals surface area contributed by atoms with Crippen molar-refractivity contribution in [3.63, 3.8) is 0 Å². The van der Waals surface area contributed by atoms with Crippen LogP contribution in [0.2, 0.25) is 0 Å². The summed E-state index contributed by atoms with van der Waals surface area (Å²) in [6.07, 6.45) is -0.918. The van der Waals surface area contributed by atoms with E-state index < -0.39 is 29.8 Å². The average molecular weight is 287 g/mol. The number of hydrogen-bond donors (Lipinski definition) is 0. The molecule has 1 rings (SSSR count). The molecule has 0 spiro atoms. The third-order valence-electron chi connectivity index (χ3n) is 2.70. The van der Waals surface area contributed by atoms with Crippen LogP contribution < -0.4 is 0 Å². The van der Waals surface area contributed by atoms with Crippen molar-refractivity contribution in [2.45, 2.75) is 51.9 Å². The van der Waals surface area contributed by atoms with Gasteiger partial charge in [0.15, 0.2) is 0 Å². The van der Waals surface area contributed by atoms with Gasteiger partial charge >= 0.3 is 12.1 Å². The van der Waals surface area contributed by atoms with Crippen molar-refractivity contribution >= 4 is 18.5 Å². The molecule has 0 radical (unpaired) electrons. The van der Waals surface area contributed by atoms with Crippen molar-refractivity contribution in [3.8, 4) is 0 Å². The van der Waals surface area contributed by atoms with E-state index in [1.165, 1.54) is 4.90 Å². The van der Waals surface area contributed by atoms with Crippen LogP contribution in [0.3, 0.4) is 0 Å². The summed E-state index contributed by atoms with van der Waals surface area (Å²) in [6, 6.07) is -0.783. The van der Waals surface area contributed by atoms with Gasteiger partial charge in [-0.3, -0.25) is 9.69 Å². The lowest BCUT2D eigenvalue weighted by molar-refractivity contribution is -0.148. The van der Waals surface area contributed by atoms with E-state index in [1.807, 2.05) is 0 Å². The Morgan fingerprint density at radius 1 is 1.35 bits per heavy atom. The van der Waals surface area contributed by atoms with Gasteiger partial charge < -0.3 is 14.2 Å². The van der Waals surface area contributed by atoms with Crippen molar-refractivity contribution in [3.05, 3.63) is 0 Å². The predicted octanol–water partition coefficient (Wildman–Crippen LogP) is 1.10. The minimum Gasteiger partial charge on any atom is -0.464 e. The third kappa shape index (κ3) is 4.40. The molecule has 0 saturated carbocycles. The minimum atomic E-state index is -0.783. The van der Waals surface area contributed by atoms with Crippen LogP contribution in [0.1, 0.15) is 34.1 Å². The normalized spacial score (nSPS) is 22.3. The van der Waals surface area contributed by atoms with Gasteiger partial charge in [0.25, 0.3) is 6.47 Å². The second-order valence-corrected chi connectivity index (χ2v) is 5.49. The highest BCUT2D eigenvalue weighted by atomic mass is 16.6. The Balaban J connectivity index is 2.79. The molecule has 1 amide bonds. The summed E-state index contributed by atoms with van der Waals surface area (Å²) in [5.74, 6) is -0.518. The lowest BCUT2D eigenvalue weighted by atomic mass is 10.2. The quantitative estimate of drug-likeness (QED) is 0.437. The summed E-state index contributed by atoms with van der Waals surface area (Å²) in [7, 11) is 0. The molecule has 0 aromatic heterocycles. The van der Waals surface area contributed by atoms with Crippen LogP contribution >= 0.6 is 0 Å². The van der Waals surface area contributed by atoms with Crippen molar-refractivity contribution < 1.29 is 28.6 Å². The molecular formula is C13H21NO6. The maximum Gasteiger partial charge on any atom is 0.411 e. The van der Waals surface area contributed by atoms with E-state index in [0.717, 1.165) is 0 Å². The Morgan fingerprint density at radius 2 is 2.00 bits per heavy atom. The molecule has 1 saturated heterocycles. The highest BCUT2D eigenvalue weighted by Gasteiger charge is 2.43. The fourth-order valence-electron chi connectivity index (χ4n) is 1.96. The van der Waals surface area contributed by atoms with E-state index in [-0.39, 0.29) is 19.6 Å². The Morgan fingerprint density at radius 3 is 2.50 bits per heavy atom. The molecule has 0 aromatic carbocycles. The van der Waals surface area contributed by atoms with Crippen LogP contribution in [0.25, 0.3) is 0 Å². The standard InChI is InChI=1S/C13H21NO6/c1-5-18-11(16)10-6-9(19-8-15)7-14(10)12(17)20-13(2,3)4/h8-10H,5-7H2,1-4H3/t9-,10-/m1/s1. The van der Waals surface area contributed by atoms with Gasteiger partial charge in [0.1, 0.15) is 17.7 Å². The second kappa shape index (κ2) is 6.58. The molecule has 0 bridgehead atoms. The summed E-state index contributed by atoms with van der Waals surface area (Å²) >= 11 is 0. The third-order valence-corrected chi connectivity index (χ3v) is 2.70. The van der Waals surface area contributed by atoms with E-state index in [0.29, 0.717) is 6.47 Å². The van der Waals surface area contributed by atoms with E-state index in [4.69, 9.17) is 14.2 Å². The topological polar surface area (TPSA) is 82.1 Å². The van der Waals surface area contributed by atoms with Crippen LogP contribution in [0, 0.1) is 0 Å². The molecule has 7 nitrogen and oxygen atoms in total. The van der Waals surface area contributed by atoms with Crippen LogP contribution in [0.15, 0.2) is 0 Å². The first-order valence-electron chi connectivity index (χ1n) is 6.53. The Labute approximate surface area is 118 Å². The van der Waals surface area contributed by atoms with Crippen molar-refractivity contribution in [2.75, 3.05) is 13.2 Å². The van der Waals surface area contributed by atoms with Crippen LogP contribution in [0.4, 0.5) is 4.79 Å². The molecule has 0 unspecified atom stereocenters. The largest absolute Gasteiger partial charge is 0.464 e. The van der Waals surface area contributed by atoms with Crippen molar-refractivity contribution in [1.29, 1.82) is 0 Å². The van der Waals surface area contributed by atoms with E-state index in [2.05, 4.69) is 0 Å². The first-order chi connectivity index (χ1) is 9.28. The van der Waals surface area contributed by atoms with Gasteiger partial charge in [-0.2, -0.15) is 0 Å². The number of carbonyl (C=O) groups excluding carboxylic acids is 3. The number of likely N-dealkylation sites (tertiary alicyclic amines) is 1. The average Bonchev–Trinajstić information content (AvgIpc) is 2.72. The Hall–Kier alpha value is -1.79. The van der Waals surface area contributed by atoms with Gasteiger partial charge in [0, 0.05) is 6.42 Å². The van der Waals surface area contributed by atoms with Crippen LogP contribution in [0.5, 0.6) is 0 Å². The number of nitrogens with zero attached hydrogens (tertiary/aromatic N) is 1. The molecule has 0 aromatic rings. The van der Waals surface area contributed by atoms with Gasteiger partial charge in [-0.15, -0.1) is 0 Å². The molecule has 1 heterocycles. The number of ether oxygens (including phenoxy) is 3. The van der Waals surface area contributed by atoms with Gasteiger partial charge in [-0.1, -0.05) is 0 Å². The first kappa shape index (κ1) is 16.3. The highest BCUT2D eigenvalue weighted by Crippen LogP contribution is 2.23. The molecular weight excluding hydrogens is 266 g/mol. The van der Waals surface area contributed by atoms with E-state index in [9.17, 15) is 14.4 Å². The molecule has 20 heavy (non-hydrogen) atoms. The smallest absolute Gasteiger partial charge is 0.411 e. The minimum absolute atomic E-state index is 0.122. The molecule has 1 fully saturated rings. The fourth-order valence-corrected chi connectivity index (χ4v) is 1.96. The lowest BCUT2D eigenvalue weighted by Crippen LogP contribution is -2.44. The summed E-state index contributed by atoms with van der Waals surface area (Å²) in [4.78, 5) is 35.6.